The van der Waals surface area contributed by atoms with Crippen LogP contribution in [0.15, 0.2) is 18.2 Å². The van der Waals surface area contributed by atoms with Gasteiger partial charge >= 0.3 is 6.18 Å². The van der Waals surface area contributed by atoms with Crippen LogP contribution in [0, 0.1) is 12.3 Å². The average molecular weight is 271 g/mol. The van der Waals surface area contributed by atoms with Crippen LogP contribution in [-0.4, -0.2) is 12.6 Å². The number of hydrogen-bond acceptors (Lipinski definition) is 2. The fourth-order valence-corrected chi connectivity index (χ4v) is 1.62. The molecule has 0 fully saturated rings. The second-order valence-corrected chi connectivity index (χ2v) is 4.19. The maximum absolute atomic E-state index is 12.9. The number of alkyl halides is 3. The molecule has 0 bridgehead atoms. The van der Waals surface area contributed by atoms with Crippen LogP contribution in [0.2, 0.25) is 0 Å². The molecule has 1 aromatic carbocycles. The summed E-state index contributed by atoms with van der Waals surface area (Å²) in [6, 6.07) is 3.79. The second-order valence-electron chi connectivity index (χ2n) is 4.19. The Balaban J connectivity index is 3.05. The van der Waals surface area contributed by atoms with Gasteiger partial charge in [-0.15, -0.1) is 6.42 Å². The number of ether oxygens (including phenoxy) is 1. The van der Waals surface area contributed by atoms with Gasteiger partial charge in [0.25, 0.3) is 0 Å². The van der Waals surface area contributed by atoms with E-state index in [1.54, 1.807) is 6.07 Å². The highest BCUT2D eigenvalue weighted by molar-refractivity contribution is 5.39. The fourth-order valence-electron chi connectivity index (χ4n) is 1.62. The first-order chi connectivity index (χ1) is 8.88. The molecule has 0 heterocycles. The standard InChI is InChI=1S/C14H16F3NO/c1-3-7-19-13-6-5-10(8-11(18)4-2)9-12(13)14(15,16)17/h1,5-6,9,11H,4,7-8,18H2,2H3. The van der Waals surface area contributed by atoms with Gasteiger partial charge in [0, 0.05) is 6.04 Å². The van der Waals surface area contributed by atoms with Crippen molar-refractivity contribution >= 4 is 0 Å². The predicted molar refractivity (Wildman–Crippen MR) is 67.7 cm³/mol. The first-order valence-corrected chi connectivity index (χ1v) is 5.90. The minimum absolute atomic E-state index is 0.154. The largest absolute Gasteiger partial charge is 0.480 e. The van der Waals surface area contributed by atoms with E-state index in [2.05, 4.69) is 5.92 Å². The van der Waals surface area contributed by atoms with E-state index in [1.807, 2.05) is 6.92 Å². The molecule has 1 atom stereocenters. The Morgan fingerprint density at radius 3 is 2.63 bits per heavy atom. The van der Waals surface area contributed by atoms with Crippen molar-refractivity contribution in [1.82, 2.24) is 0 Å². The van der Waals surface area contributed by atoms with Crippen molar-refractivity contribution in [1.29, 1.82) is 0 Å². The lowest BCUT2D eigenvalue weighted by atomic mass is 10.0. The van der Waals surface area contributed by atoms with Crippen LogP contribution in [0.3, 0.4) is 0 Å². The number of rotatable bonds is 5. The second kappa shape index (κ2) is 6.48. The van der Waals surface area contributed by atoms with Gasteiger partial charge in [-0.2, -0.15) is 13.2 Å². The van der Waals surface area contributed by atoms with Gasteiger partial charge in [0.1, 0.15) is 12.4 Å². The minimum atomic E-state index is -4.48. The van der Waals surface area contributed by atoms with E-state index in [-0.39, 0.29) is 18.4 Å². The number of halogens is 3. The van der Waals surface area contributed by atoms with E-state index in [1.165, 1.54) is 6.07 Å². The Morgan fingerprint density at radius 1 is 1.42 bits per heavy atom. The number of nitrogens with two attached hydrogens (primary N) is 1. The van der Waals surface area contributed by atoms with Gasteiger partial charge in [-0.25, -0.2) is 0 Å². The molecule has 1 rings (SSSR count). The topological polar surface area (TPSA) is 35.2 Å². The van der Waals surface area contributed by atoms with Gasteiger partial charge in [-0.05, 0) is 30.5 Å². The molecule has 1 unspecified atom stereocenters. The molecule has 5 heteroatoms. The molecule has 2 N–H and O–H groups in total. The van der Waals surface area contributed by atoms with Crippen molar-refractivity contribution in [3.63, 3.8) is 0 Å². The first kappa shape index (κ1) is 15.4. The highest BCUT2D eigenvalue weighted by Crippen LogP contribution is 2.37. The van der Waals surface area contributed by atoms with Gasteiger partial charge in [0.2, 0.25) is 0 Å². The average Bonchev–Trinajstić information content (AvgIpc) is 2.35. The molecule has 0 aromatic heterocycles. The monoisotopic (exact) mass is 271 g/mol. The van der Waals surface area contributed by atoms with Crippen molar-refractivity contribution in [3.8, 4) is 18.1 Å². The highest BCUT2D eigenvalue weighted by Gasteiger charge is 2.34. The lowest BCUT2D eigenvalue weighted by molar-refractivity contribution is -0.138. The molecule has 0 saturated heterocycles. The van der Waals surface area contributed by atoms with Crippen LogP contribution in [0.4, 0.5) is 13.2 Å². The van der Waals surface area contributed by atoms with Crippen LogP contribution in [0.25, 0.3) is 0 Å². The van der Waals surface area contributed by atoms with Crippen LogP contribution >= 0.6 is 0 Å². The summed E-state index contributed by atoms with van der Waals surface area (Å²) in [6.45, 7) is 1.69. The maximum atomic E-state index is 12.9. The molecule has 0 spiro atoms. The van der Waals surface area contributed by atoms with Crippen molar-refractivity contribution in [3.05, 3.63) is 29.3 Å². The summed E-state index contributed by atoms with van der Waals surface area (Å²) in [6.07, 6.45) is 1.60. The summed E-state index contributed by atoms with van der Waals surface area (Å²) in [5.74, 6) is 1.89. The molecule has 0 aliphatic carbocycles. The molecule has 0 saturated carbocycles. The summed E-state index contributed by atoms with van der Waals surface area (Å²) in [5.41, 5.74) is 5.46. The van der Waals surface area contributed by atoms with Crippen LogP contribution in [0.5, 0.6) is 5.75 Å². The van der Waals surface area contributed by atoms with Crippen molar-refractivity contribution in [2.24, 2.45) is 5.73 Å². The molecule has 2 nitrogen and oxygen atoms in total. The number of benzene rings is 1. The smallest absolute Gasteiger partial charge is 0.419 e. The lowest BCUT2D eigenvalue weighted by Crippen LogP contribution is -2.21. The van der Waals surface area contributed by atoms with Crippen LogP contribution in [-0.2, 0) is 12.6 Å². The number of terminal acetylenes is 1. The number of hydrogen-bond donors (Lipinski definition) is 1. The zero-order chi connectivity index (χ0) is 14.5. The van der Waals surface area contributed by atoms with Crippen molar-refractivity contribution in [2.45, 2.75) is 32.0 Å². The van der Waals surface area contributed by atoms with Gasteiger partial charge in [0.05, 0.1) is 5.56 Å². The molecular weight excluding hydrogens is 255 g/mol. The summed E-state index contributed by atoms with van der Waals surface area (Å²) < 4.78 is 43.6. The van der Waals surface area contributed by atoms with Crippen LogP contribution in [0.1, 0.15) is 24.5 Å². The van der Waals surface area contributed by atoms with E-state index in [0.717, 1.165) is 6.07 Å². The molecule has 104 valence electrons. The summed E-state index contributed by atoms with van der Waals surface area (Å²) >= 11 is 0. The Hall–Kier alpha value is -1.67. The fraction of sp³-hybridized carbons (Fsp3) is 0.429. The Labute approximate surface area is 110 Å². The molecule has 0 radical (unpaired) electrons. The zero-order valence-electron chi connectivity index (χ0n) is 10.6. The van der Waals surface area contributed by atoms with Gasteiger partial charge < -0.3 is 10.5 Å². The maximum Gasteiger partial charge on any atom is 0.419 e. The van der Waals surface area contributed by atoms with Gasteiger partial charge in [0.15, 0.2) is 0 Å². The molecule has 1 aromatic rings. The predicted octanol–water partition coefficient (Wildman–Crippen LogP) is 3.00. The lowest BCUT2D eigenvalue weighted by Gasteiger charge is -2.15. The molecular formula is C14H16F3NO. The normalized spacial score (nSPS) is 12.8. The molecule has 0 aliphatic rings. The SMILES string of the molecule is C#CCOc1ccc(CC(N)CC)cc1C(F)(F)F. The van der Waals surface area contributed by atoms with E-state index in [0.29, 0.717) is 18.4 Å². The quantitative estimate of drug-likeness (QED) is 0.836. The van der Waals surface area contributed by atoms with E-state index in [9.17, 15) is 13.2 Å². The summed E-state index contributed by atoms with van der Waals surface area (Å²) in [7, 11) is 0. The zero-order valence-corrected chi connectivity index (χ0v) is 10.6. The van der Waals surface area contributed by atoms with E-state index in [4.69, 9.17) is 16.9 Å². The molecule has 0 amide bonds. The Kier molecular flexibility index (Phi) is 5.25. The van der Waals surface area contributed by atoms with E-state index < -0.39 is 11.7 Å². The van der Waals surface area contributed by atoms with Crippen molar-refractivity contribution in [2.75, 3.05) is 6.61 Å². The van der Waals surface area contributed by atoms with E-state index >= 15 is 0 Å². The molecule has 19 heavy (non-hydrogen) atoms. The highest BCUT2D eigenvalue weighted by atomic mass is 19.4. The summed E-state index contributed by atoms with van der Waals surface area (Å²) in [5, 5.41) is 0. The Bertz CT molecular complexity index is 463. The summed E-state index contributed by atoms with van der Waals surface area (Å²) in [4.78, 5) is 0. The van der Waals surface area contributed by atoms with Crippen LogP contribution < -0.4 is 10.5 Å². The minimum Gasteiger partial charge on any atom is -0.480 e. The first-order valence-electron chi connectivity index (χ1n) is 5.90. The Morgan fingerprint density at radius 2 is 2.11 bits per heavy atom. The third-order valence-corrected chi connectivity index (χ3v) is 2.68. The van der Waals surface area contributed by atoms with Crippen molar-refractivity contribution < 1.29 is 17.9 Å². The van der Waals surface area contributed by atoms with Gasteiger partial charge in [-0.3, -0.25) is 0 Å². The third-order valence-electron chi connectivity index (χ3n) is 2.68. The van der Waals surface area contributed by atoms with Gasteiger partial charge in [-0.1, -0.05) is 18.9 Å². The molecule has 0 aliphatic heterocycles. The third kappa shape index (κ3) is 4.49.